The number of hydrogen-bond donors (Lipinski definition) is 1. The minimum absolute atomic E-state index is 0.111. The average Bonchev–Trinajstić information content (AvgIpc) is 2.71. The van der Waals surface area contributed by atoms with Gasteiger partial charge in [-0.25, -0.2) is 4.39 Å². The second-order valence-electron chi connectivity index (χ2n) is 4.63. The molecule has 2 atom stereocenters. The molecule has 1 N–H and O–H groups in total. The van der Waals surface area contributed by atoms with Crippen molar-refractivity contribution < 1.29 is 4.39 Å². The molecular formula is C13H18FN. The molecule has 1 heterocycles. The van der Waals surface area contributed by atoms with Gasteiger partial charge in [-0.1, -0.05) is 29.8 Å². The van der Waals surface area contributed by atoms with Gasteiger partial charge in [-0.3, -0.25) is 0 Å². The van der Waals surface area contributed by atoms with Crippen LogP contribution in [0.25, 0.3) is 0 Å². The molecule has 2 rings (SSSR count). The Morgan fingerprint density at radius 2 is 2.00 bits per heavy atom. The Labute approximate surface area is 90.7 Å². The van der Waals surface area contributed by atoms with Crippen LogP contribution in [0.5, 0.6) is 0 Å². The summed E-state index contributed by atoms with van der Waals surface area (Å²) in [7, 11) is 0. The van der Waals surface area contributed by atoms with Gasteiger partial charge in [-0.05, 0) is 32.4 Å². The van der Waals surface area contributed by atoms with Crippen molar-refractivity contribution in [3.8, 4) is 0 Å². The van der Waals surface area contributed by atoms with Gasteiger partial charge in [0.05, 0.1) is 0 Å². The maximum atomic E-state index is 14.6. The third kappa shape index (κ3) is 2.05. The lowest BCUT2D eigenvalue weighted by Gasteiger charge is -2.27. The predicted octanol–water partition coefficient (Wildman–Crippen LogP) is 2.79. The van der Waals surface area contributed by atoms with Crippen LogP contribution in [-0.2, 0) is 5.67 Å². The minimum atomic E-state index is -1.20. The van der Waals surface area contributed by atoms with Gasteiger partial charge in [-0.2, -0.15) is 0 Å². The Morgan fingerprint density at radius 3 is 2.53 bits per heavy atom. The molecule has 0 bridgehead atoms. The summed E-state index contributed by atoms with van der Waals surface area (Å²) in [6, 6.07) is 7.78. The maximum Gasteiger partial charge on any atom is 0.137 e. The normalized spacial score (nSPS) is 25.1. The van der Waals surface area contributed by atoms with E-state index >= 15 is 0 Å². The summed E-state index contributed by atoms with van der Waals surface area (Å²) in [5, 5.41) is 3.22. The molecule has 1 saturated heterocycles. The number of halogens is 1. The van der Waals surface area contributed by atoms with E-state index in [4.69, 9.17) is 0 Å². The molecule has 0 aliphatic carbocycles. The zero-order valence-electron chi connectivity index (χ0n) is 9.39. The lowest BCUT2D eigenvalue weighted by atomic mass is 9.84. The van der Waals surface area contributed by atoms with Crippen LogP contribution >= 0.6 is 0 Å². The van der Waals surface area contributed by atoms with E-state index in [2.05, 4.69) is 5.32 Å². The van der Waals surface area contributed by atoms with Crippen molar-refractivity contribution in [2.75, 3.05) is 13.1 Å². The number of hydrogen-bond acceptors (Lipinski definition) is 1. The van der Waals surface area contributed by atoms with Gasteiger partial charge in [0.1, 0.15) is 5.67 Å². The molecule has 1 nitrogen and oxygen atoms in total. The molecule has 0 amide bonds. The average molecular weight is 207 g/mol. The zero-order valence-corrected chi connectivity index (χ0v) is 9.39. The maximum absolute atomic E-state index is 14.6. The summed E-state index contributed by atoms with van der Waals surface area (Å²) < 4.78 is 14.6. The van der Waals surface area contributed by atoms with Crippen molar-refractivity contribution >= 4 is 0 Å². The highest BCUT2D eigenvalue weighted by Gasteiger charge is 2.37. The van der Waals surface area contributed by atoms with E-state index in [1.807, 2.05) is 31.2 Å². The summed E-state index contributed by atoms with van der Waals surface area (Å²) in [5.74, 6) is 0.111. The summed E-state index contributed by atoms with van der Waals surface area (Å²) in [5.41, 5.74) is 0.790. The first-order chi connectivity index (χ1) is 7.10. The Morgan fingerprint density at radius 1 is 1.33 bits per heavy atom. The number of aryl methyl sites for hydroxylation is 1. The fraction of sp³-hybridized carbons (Fsp3) is 0.538. The first-order valence-corrected chi connectivity index (χ1v) is 5.57. The fourth-order valence-corrected chi connectivity index (χ4v) is 2.23. The molecule has 1 aliphatic rings. The molecule has 0 saturated carbocycles. The number of rotatable bonds is 2. The molecule has 2 unspecified atom stereocenters. The molecule has 2 heteroatoms. The van der Waals surface area contributed by atoms with Crippen molar-refractivity contribution in [3.05, 3.63) is 35.4 Å². The Hall–Kier alpha value is -0.890. The molecule has 1 aliphatic heterocycles. The van der Waals surface area contributed by atoms with Gasteiger partial charge in [0, 0.05) is 12.5 Å². The zero-order chi connectivity index (χ0) is 10.9. The molecule has 0 radical (unpaired) electrons. The van der Waals surface area contributed by atoms with Crippen LogP contribution in [0.15, 0.2) is 24.3 Å². The standard InChI is InChI=1S/C13H18FN/c1-10-3-5-11(6-4-10)13(2,14)12-7-8-15-9-12/h3-6,12,15H,7-9H2,1-2H3. The van der Waals surface area contributed by atoms with Crippen LogP contribution in [0.4, 0.5) is 4.39 Å². The molecule has 0 spiro atoms. The van der Waals surface area contributed by atoms with E-state index in [1.54, 1.807) is 6.92 Å². The molecule has 82 valence electrons. The van der Waals surface area contributed by atoms with E-state index in [0.717, 1.165) is 25.1 Å². The largest absolute Gasteiger partial charge is 0.316 e. The van der Waals surface area contributed by atoms with E-state index in [-0.39, 0.29) is 5.92 Å². The second-order valence-corrected chi connectivity index (χ2v) is 4.63. The van der Waals surface area contributed by atoms with Crippen molar-refractivity contribution in [1.29, 1.82) is 0 Å². The van der Waals surface area contributed by atoms with Crippen molar-refractivity contribution in [2.45, 2.75) is 25.9 Å². The number of alkyl halides is 1. The van der Waals surface area contributed by atoms with Gasteiger partial charge >= 0.3 is 0 Å². The Balaban J connectivity index is 2.23. The van der Waals surface area contributed by atoms with Crippen LogP contribution < -0.4 is 5.32 Å². The van der Waals surface area contributed by atoms with E-state index < -0.39 is 5.67 Å². The van der Waals surface area contributed by atoms with Crippen LogP contribution in [0.1, 0.15) is 24.5 Å². The smallest absolute Gasteiger partial charge is 0.137 e. The van der Waals surface area contributed by atoms with Crippen molar-refractivity contribution in [3.63, 3.8) is 0 Å². The monoisotopic (exact) mass is 207 g/mol. The van der Waals surface area contributed by atoms with Crippen molar-refractivity contribution in [2.24, 2.45) is 5.92 Å². The highest BCUT2D eigenvalue weighted by molar-refractivity contribution is 5.27. The molecule has 1 aromatic rings. The SMILES string of the molecule is Cc1ccc(C(C)(F)C2CCNC2)cc1. The van der Waals surface area contributed by atoms with Crippen LogP contribution in [0.2, 0.25) is 0 Å². The van der Waals surface area contributed by atoms with E-state index in [0.29, 0.717) is 0 Å². The van der Waals surface area contributed by atoms with E-state index in [9.17, 15) is 4.39 Å². The van der Waals surface area contributed by atoms with Gasteiger partial charge in [0.2, 0.25) is 0 Å². The molecular weight excluding hydrogens is 189 g/mol. The lowest BCUT2D eigenvalue weighted by molar-refractivity contribution is 0.112. The quantitative estimate of drug-likeness (QED) is 0.786. The minimum Gasteiger partial charge on any atom is -0.316 e. The van der Waals surface area contributed by atoms with Gasteiger partial charge in [-0.15, -0.1) is 0 Å². The van der Waals surface area contributed by atoms with E-state index in [1.165, 1.54) is 5.56 Å². The van der Waals surface area contributed by atoms with Crippen LogP contribution in [-0.4, -0.2) is 13.1 Å². The van der Waals surface area contributed by atoms with Gasteiger partial charge in [0.15, 0.2) is 0 Å². The summed E-state index contributed by atoms with van der Waals surface area (Å²) in [6.45, 7) is 5.46. The molecule has 0 aromatic heterocycles. The summed E-state index contributed by atoms with van der Waals surface area (Å²) in [4.78, 5) is 0. The Kier molecular flexibility index (Phi) is 2.79. The summed E-state index contributed by atoms with van der Waals surface area (Å²) in [6.07, 6.45) is 0.931. The van der Waals surface area contributed by atoms with Gasteiger partial charge in [0.25, 0.3) is 0 Å². The topological polar surface area (TPSA) is 12.0 Å². The first kappa shape index (κ1) is 10.6. The Bertz CT molecular complexity index is 323. The highest BCUT2D eigenvalue weighted by Crippen LogP contribution is 2.36. The van der Waals surface area contributed by atoms with Crippen molar-refractivity contribution in [1.82, 2.24) is 5.32 Å². The third-order valence-corrected chi connectivity index (χ3v) is 3.44. The number of nitrogens with one attached hydrogen (secondary N) is 1. The highest BCUT2D eigenvalue weighted by atomic mass is 19.1. The summed E-state index contributed by atoms with van der Waals surface area (Å²) >= 11 is 0. The number of benzene rings is 1. The second kappa shape index (κ2) is 3.93. The third-order valence-electron chi connectivity index (χ3n) is 3.44. The fourth-order valence-electron chi connectivity index (χ4n) is 2.23. The molecule has 1 fully saturated rings. The molecule has 15 heavy (non-hydrogen) atoms. The van der Waals surface area contributed by atoms with Crippen LogP contribution in [0.3, 0.4) is 0 Å². The molecule has 1 aromatic carbocycles. The van der Waals surface area contributed by atoms with Gasteiger partial charge < -0.3 is 5.32 Å². The first-order valence-electron chi connectivity index (χ1n) is 5.57. The van der Waals surface area contributed by atoms with Crippen LogP contribution in [0, 0.1) is 12.8 Å². The predicted molar refractivity (Wildman–Crippen MR) is 60.6 cm³/mol. The lowest BCUT2D eigenvalue weighted by Crippen LogP contribution is -2.28.